The van der Waals surface area contributed by atoms with E-state index in [1.54, 1.807) is 20.3 Å². The predicted molar refractivity (Wildman–Crippen MR) is 113 cm³/mol. The molecule has 0 unspecified atom stereocenters. The summed E-state index contributed by atoms with van der Waals surface area (Å²) in [6, 6.07) is 23.5. The van der Waals surface area contributed by atoms with E-state index < -0.39 is 0 Å². The third-order valence-electron chi connectivity index (χ3n) is 4.36. The van der Waals surface area contributed by atoms with Crippen molar-refractivity contribution in [1.29, 1.82) is 0 Å². The van der Waals surface area contributed by atoms with Gasteiger partial charge in [-0.3, -0.25) is 4.79 Å². The Morgan fingerprint density at radius 2 is 1.64 bits per heavy atom. The van der Waals surface area contributed by atoms with E-state index in [1.807, 2.05) is 60.7 Å². The van der Waals surface area contributed by atoms with Gasteiger partial charge in [0.1, 0.15) is 0 Å². The Morgan fingerprint density at radius 3 is 2.39 bits per heavy atom. The zero-order chi connectivity index (χ0) is 19.8. The van der Waals surface area contributed by atoms with E-state index in [-0.39, 0.29) is 5.91 Å². The van der Waals surface area contributed by atoms with Crippen LogP contribution in [0.3, 0.4) is 0 Å². The number of benzene rings is 3. The molecule has 0 aromatic heterocycles. The molecule has 0 saturated carbocycles. The first-order chi connectivity index (χ1) is 13.7. The molecule has 4 nitrogen and oxygen atoms in total. The van der Waals surface area contributed by atoms with Crippen molar-refractivity contribution in [1.82, 2.24) is 0 Å². The summed E-state index contributed by atoms with van der Waals surface area (Å²) >= 11 is 0. The Morgan fingerprint density at radius 1 is 0.893 bits per heavy atom. The first-order valence-corrected chi connectivity index (χ1v) is 9.03. The molecule has 0 saturated heterocycles. The molecule has 0 fully saturated rings. The number of rotatable bonds is 7. The van der Waals surface area contributed by atoms with Gasteiger partial charge in [-0.25, -0.2) is 0 Å². The van der Waals surface area contributed by atoms with Crippen molar-refractivity contribution in [2.45, 2.75) is 6.42 Å². The fourth-order valence-electron chi connectivity index (χ4n) is 3.00. The fourth-order valence-corrected chi connectivity index (χ4v) is 3.00. The number of para-hydroxylation sites is 2. The molecule has 0 bridgehead atoms. The molecule has 0 spiro atoms. The van der Waals surface area contributed by atoms with Crippen LogP contribution in [0.15, 0.2) is 78.9 Å². The molecule has 0 atom stereocenters. The second-order valence-electron chi connectivity index (χ2n) is 6.22. The number of hydrogen-bond acceptors (Lipinski definition) is 3. The van der Waals surface area contributed by atoms with Crippen molar-refractivity contribution in [3.63, 3.8) is 0 Å². The highest BCUT2D eigenvalue weighted by atomic mass is 16.5. The van der Waals surface area contributed by atoms with E-state index in [0.29, 0.717) is 11.5 Å². The normalized spacial score (nSPS) is 10.6. The smallest absolute Gasteiger partial charge is 0.248 e. The van der Waals surface area contributed by atoms with Crippen molar-refractivity contribution in [2.75, 3.05) is 19.5 Å². The largest absolute Gasteiger partial charge is 0.493 e. The van der Waals surface area contributed by atoms with Gasteiger partial charge in [-0.1, -0.05) is 60.7 Å². The molecule has 1 amide bonds. The maximum atomic E-state index is 12.5. The zero-order valence-electron chi connectivity index (χ0n) is 16.0. The molecule has 3 rings (SSSR count). The number of carbonyl (C=O) groups excluding carboxylic acids is 1. The highest BCUT2D eigenvalue weighted by Gasteiger charge is 2.08. The zero-order valence-corrected chi connectivity index (χ0v) is 16.0. The average molecular weight is 373 g/mol. The second-order valence-corrected chi connectivity index (χ2v) is 6.22. The Labute approximate surface area is 165 Å². The Hall–Kier alpha value is -3.53. The topological polar surface area (TPSA) is 47.6 Å². The Kier molecular flexibility index (Phi) is 6.47. The molecule has 0 radical (unpaired) electrons. The van der Waals surface area contributed by atoms with Crippen LogP contribution in [-0.2, 0) is 11.2 Å². The first-order valence-electron chi connectivity index (χ1n) is 9.03. The van der Waals surface area contributed by atoms with Gasteiger partial charge in [0.25, 0.3) is 0 Å². The molecule has 0 heterocycles. The first kappa shape index (κ1) is 19.2. The van der Waals surface area contributed by atoms with Crippen LogP contribution in [0, 0.1) is 0 Å². The SMILES string of the molecule is COc1cccc(C=CC(=O)Nc2ccccc2Cc2ccccc2)c1OC. The number of hydrogen-bond donors (Lipinski definition) is 1. The van der Waals surface area contributed by atoms with E-state index in [4.69, 9.17) is 9.47 Å². The number of methoxy groups -OCH3 is 2. The highest BCUT2D eigenvalue weighted by molar-refractivity contribution is 6.02. The summed E-state index contributed by atoms with van der Waals surface area (Å²) in [4.78, 5) is 12.5. The maximum Gasteiger partial charge on any atom is 0.248 e. The van der Waals surface area contributed by atoms with Crippen LogP contribution in [0.5, 0.6) is 11.5 Å². The molecule has 0 aliphatic heterocycles. The molecular weight excluding hydrogens is 350 g/mol. The van der Waals surface area contributed by atoms with Gasteiger partial charge >= 0.3 is 0 Å². The summed E-state index contributed by atoms with van der Waals surface area (Å²) in [5.74, 6) is 1.02. The van der Waals surface area contributed by atoms with Gasteiger partial charge in [-0.05, 0) is 35.8 Å². The van der Waals surface area contributed by atoms with Crippen LogP contribution >= 0.6 is 0 Å². The van der Waals surface area contributed by atoms with Gasteiger partial charge < -0.3 is 14.8 Å². The third-order valence-corrected chi connectivity index (χ3v) is 4.36. The van der Waals surface area contributed by atoms with Gasteiger partial charge in [-0.2, -0.15) is 0 Å². The van der Waals surface area contributed by atoms with Crippen LogP contribution in [0.2, 0.25) is 0 Å². The maximum absolute atomic E-state index is 12.5. The number of anilines is 1. The predicted octanol–water partition coefficient (Wildman–Crippen LogP) is 4.95. The summed E-state index contributed by atoms with van der Waals surface area (Å²) in [5, 5.41) is 2.97. The molecule has 28 heavy (non-hydrogen) atoms. The molecule has 142 valence electrons. The summed E-state index contributed by atoms with van der Waals surface area (Å²) in [6.07, 6.45) is 3.97. The summed E-state index contributed by atoms with van der Waals surface area (Å²) in [6.45, 7) is 0. The minimum absolute atomic E-state index is 0.203. The van der Waals surface area contributed by atoms with Crippen LogP contribution < -0.4 is 14.8 Å². The molecule has 3 aromatic rings. The lowest BCUT2D eigenvalue weighted by molar-refractivity contribution is -0.111. The van der Waals surface area contributed by atoms with Gasteiger partial charge in [0, 0.05) is 17.3 Å². The molecular formula is C24H23NO3. The average Bonchev–Trinajstić information content (AvgIpc) is 2.74. The van der Waals surface area contributed by atoms with Crippen molar-refractivity contribution in [3.8, 4) is 11.5 Å². The standard InChI is InChI=1S/C24H23NO3/c1-27-22-14-8-12-19(24(22)28-2)15-16-23(26)25-21-13-7-6-11-20(21)17-18-9-4-3-5-10-18/h3-16H,17H2,1-2H3,(H,25,26). The Balaban J connectivity index is 1.75. The second kappa shape index (κ2) is 9.42. The van der Waals surface area contributed by atoms with E-state index >= 15 is 0 Å². The van der Waals surface area contributed by atoms with Gasteiger partial charge in [0.05, 0.1) is 14.2 Å². The van der Waals surface area contributed by atoms with Crippen LogP contribution in [0.25, 0.3) is 6.08 Å². The number of nitrogens with one attached hydrogen (secondary N) is 1. The van der Waals surface area contributed by atoms with Gasteiger partial charge in [-0.15, -0.1) is 0 Å². The monoisotopic (exact) mass is 373 g/mol. The third kappa shape index (κ3) is 4.80. The minimum atomic E-state index is -0.203. The van der Waals surface area contributed by atoms with Crippen LogP contribution in [0.4, 0.5) is 5.69 Å². The van der Waals surface area contributed by atoms with Crippen molar-refractivity contribution in [3.05, 3.63) is 95.6 Å². The van der Waals surface area contributed by atoms with Crippen LogP contribution in [-0.4, -0.2) is 20.1 Å². The fraction of sp³-hybridized carbons (Fsp3) is 0.125. The van der Waals surface area contributed by atoms with E-state index in [0.717, 1.165) is 23.2 Å². The van der Waals surface area contributed by atoms with E-state index in [2.05, 4.69) is 17.4 Å². The molecule has 0 aliphatic rings. The Bertz CT molecular complexity index is 965. The lowest BCUT2D eigenvalue weighted by Gasteiger charge is -2.11. The van der Waals surface area contributed by atoms with Crippen molar-refractivity contribution < 1.29 is 14.3 Å². The number of ether oxygens (including phenoxy) is 2. The van der Waals surface area contributed by atoms with Gasteiger partial charge in [0.2, 0.25) is 5.91 Å². The molecule has 3 aromatic carbocycles. The minimum Gasteiger partial charge on any atom is -0.493 e. The van der Waals surface area contributed by atoms with E-state index in [9.17, 15) is 4.79 Å². The van der Waals surface area contributed by atoms with Crippen molar-refractivity contribution in [2.24, 2.45) is 0 Å². The number of carbonyl (C=O) groups is 1. The van der Waals surface area contributed by atoms with E-state index in [1.165, 1.54) is 11.6 Å². The van der Waals surface area contributed by atoms with Crippen molar-refractivity contribution >= 4 is 17.7 Å². The quantitative estimate of drug-likeness (QED) is 0.596. The summed E-state index contributed by atoms with van der Waals surface area (Å²) in [5.41, 5.74) is 3.84. The summed E-state index contributed by atoms with van der Waals surface area (Å²) < 4.78 is 10.7. The molecule has 0 aliphatic carbocycles. The lowest BCUT2D eigenvalue weighted by Crippen LogP contribution is -2.10. The molecule has 1 N–H and O–H groups in total. The number of amides is 1. The lowest BCUT2D eigenvalue weighted by atomic mass is 10.0. The molecule has 4 heteroatoms. The van der Waals surface area contributed by atoms with Gasteiger partial charge in [0.15, 0.2) is 11.5 Å². The summed E-state index contributed by atoms with van der Waals surface area (Å²) in [7, 11) is 3.16. The highest BCUT2D eigenvalue weighted by Crippen LogP contribution is 2.31. The van der Waals surface area contributed by atoms with Crippen LogP contribution in [0.1, 0.15) is 16.7 Å².